The van der Waals surface area contributed by atoms with Crippen molar-refractivity contribution >= 4 is 32.7 Å². The van der Waals surface area contributed by atoms with Crippen LogP contribution in [0.2, 0.25) is 0 Å². The Kier molecular flexibility index (Phi) is 2.97. The van der Waals surface area contributed by atoms with E-state index >= 15 is 0 Å². The fourth-order valence-corrected chi connectivity index (χ4v) is 3.44. The van der Waals surface area contributed by atoms with Crippen molar-refractivity contribution in [2.45, 2.75) is 0 Å². The molecular formula is C21H15N3O. The Morgan fingerprint density at radius 3 is 2.64 bits per heavy atom. The molecule has 4 nitrogen and oxygen atoms in total. The van der Waals surface area contributed by atoms with Gasteiger partial charge in [-0.3, -0.25) is 9.97 Å². The van der Waals surface area contributed by atoms with Crippen LogP contribution in [0.1, 0.15) is 0 Å². The molecule has 0 amide bonds. The van der Waals surface area contributed by atoms with Gasteiger partial charge in [0.1, 0.15) is 5.75 Å². The monoisotopic (exact) mass is 325 g/mol. The van der Waals surface area contributed by atoms with Crippen LogP contribution in [0.4, 0.5) is 0 Å². The number of hydrogen-bond donors (Lipinski definition) is 1. The van der Waals surface area contributed by atoms with E-state index in [0.717, 1.165) is 49.7 Å². The first-order chi connectivity index (χ1) is 12.3. The number of hydrogen-bond acceptors (Lipinski definition) is 3. The van der Waals surface area contributed by atoms with Crippen molar-refractivity contribution in [3.63, 3.8) is 0 Å². The minimum absolute atomic E-state index is 0.836. The first kappa shape index (κ1) is 14.0. The van der Waals surface area contributed by atoms with Gasteiger partial charge in [0.25, 0.3) is 0 Å². The molecule has 0 spiro atoms. The van der Waals surface area contributed by atoms with Gasteiger partial charge in [-0.05, 0) is 30.3 Å². The summed E-state index contributed by atoms with van der Waals surface area (Å²) in [6.07, 6.45) is 3.70. The number of ether oxygens (including phenoxy) is 1. The molecule has 5 rings (SSSR count). The van der Waals surface area contributed by atoms with Gasteiger partial charge in [-0.25, -0.2) is 0 Å². The lowest BCUT2D eigenvalue weighted by Crippen LogP contribution is -1.88. The second-order valence-electron chi connectivity index (χ2n) is 5.99. The number of benzene rings is 2. The summed E-state index contributed by atoms with van der Waals surface area (Å²) >= 11 is 0. The molecule has 0 atom stereocenters. The number of para-hydroxylation sites is 1. The molecule has 0 aliphatic rings. The summed E-state index contributed by atoms with van der Waals surface area (Å²) in [6, 6.07) is 18.3. The highest BCUT2D eigenvalue weighted by atomic mass is 16.5. The first-order valence-corrected chi connectivity index (χ1v) is 8.14. The number of aromatic nitrogens is 3. The number of H-pyrrole nitrogens is 1. The Morgan fingerprint density at radius 1 is 0.840 bits per heavy atom. The third-order valence-electron chi connectivity index (χ3n) is 4.63. The molecule has 5 aromatic rings. The van der Waals surface area contributed by atoms with Gasteiger partial charge in [0, 0.05) is 40.2 Å². The van der Waals surface area contributed by atoms with E-state index in [0.29, 0.717) is 0 Å². The van der Waals surface area contributed by atoms with Crippen LogP contribution >= 0.6 is 0 Å². The molecule has 0 bridgehead atoms. The maximum absolute atomic E-state index is 5.35. The second kappa shape index (κ2) is 5.31. The minimum atomic E-state index is 0.836. The number of fused-ring (bicyclic) bond motifs is 4. The Morgan fingerprint density at radius 2 is 1.72 bits per heavy atom. The maximum atomic E-state index is 5.35. The zero-order valence-electron chi connectivity index (χ0n) is 13.7. The van der Waals surface area contributed by atoms with Crippen LogP contribution in [0.15, 0.2) is 67.0 Å². The van der Waals surface area contributed by atoms with E-state index in [9.17, 15) is 0 Å². The van der Waals surface area contributed by atoms with Crippen LogP contribution in [0.5, 0.6) is 5.75 Å². The number of methoxy groups -OCH3 is 1. The molecule has 0 saturated heterocycles. The molecule has 1 N–H and O–H groups in total. The molecule has 3 heterocycles. The van der Waals surface area contributed by atoms with E-state index in [-0.39, 0.29) is 0 Å². The number of nitrogens with zero attached hydrogens (tertiary/aromatic N) is 2. The summed E-state index contributed by atoms with van der Waals surface area (Å²) in [5, 5.41) is 3.42. The smallest absolute Gasteiger partial charge is 0.120 e. The van der Waals surface area contributed by atoms with Gasteiger partial charge in [0.2, 0.25) is 0 Å². The molecule has 0 saturated carbocycles. The first-order valence-electron chi connectivity index (χ1n) is 8.14. The Balaban J connectivity index is 1.87. The van der Waals surface area contributed by atoms with Crippen molar-refractivity contribution < 1.29 is 4.74 Å². The number of aromatic amines is 1. The van der Waals surface area contributed by atoms with E-state index in [1.54, 1.807) is 7.11 Å². The topological polar surface area (TPSA) is 50.8 Å². The molecule has 0 unspecified atom stereocenters. The predicted octanol–water partition coefficient (Wildman–Crippen LogP) is 4.94. The maximum Gasteiger partial charge on any atom is 0.120 e. The summed E-state index contributed by atoms with van der Waals surface area (Å²) in [7, 11) is 1.68. The lowest BCUT2D eigenvalue weighted by Gasteiger charge is -2.06. The van der Waals surface area contributed by atoms with Crippen LogP contribution in [0.3, 0.4) is 0 Å². The molecule has 120 valence electrons. The summed E-state index contributed by atoms with van der Waals surface area (Å²) < 4.78 is 5.35. The molecule has 2 aromatic carbocycles. The normalized spacial score (nSPS) is 11.4. The van der Waals surface area contributed by atoms with E-state index in [1.165, 1.54) is 0 Å². The van der Waals surface area contributed by atoms with Crippen LogP contribution in [-0.2, 0) is 0 Å². The van der Waals surface area contributed by atoms with Crippen LogP contribution in [-0.4, -0.2) is 22.1 Å². The third kappa shape index (κ3) is 2.08. The van der Waals surface area contributed by atoms with Gasteiger partial charge < -0.3 is 9.72 Å². The lowest BCUT2D eigenvalue weighted by molar-refractivity contribution is 0.415. The molecule has 3 aromatic heterocycles. The summed E-state index contributed by atoms with van der Waals surface area (Å²) in [4.78, 5) is 12.7. The largest absolute Gasteiger partial charge is 0.497 e. The van der Waals surface area contributed by atoms with Crippen molar-refractivity contribution in [1.82, 2.24) is 15.0 Å². The highest BCUT2D eigenvalue weighted by molar-refractivity contribution is 6.13. The lowest BCUT2D eigenvalue weighted by atomic mass is 10.0. The molecule has 4 heteroatoms. The van der Waals surface area contributed by atoms with Gasteiger partial charge in [-0.2, -0.15) is 0 Å². The summed E-state index contributed by atoms with van der Waals surface area (Å²) in [5.74, 6) is 0.836. The van der Waals surface area contributed by atoms with Crippen LogP contribution < -0.4 is 4.74 Å². The van der Waals surface area contributed by atoms with Crippen molar-refractivity contribution in [3.8, 4) is 17.0 Å². The van der Waals surface area contributed by atoms with E-state index in [2.05, 4.69) is 27.1 Å². The summed E-state index contributed by atoms with van der Waals surface area (Å²) in [6.45, 7) is 0. The Labute approximate surface area is 144 Å². The van der Waals surface area contributed by atoms with Gasteiger partial charge in [-0.1, -0.05) is 18.2 Å². The predicted molar refractivity (Wildman–Crippen MR) is 101 cm³/mol. The zero-order valence-corrected chi connectivity index (χ0v) is 13.7. The molecule has 0 fully saturated rings. The average Bonchev–Trinajstić information content (AvgIpc) is 3.05. The van der Waals surface area contributed by atoms with Crippen LogP contribution in [0, 0.1) is 0 Å². The number of nitrogens with one attached hydrogen (secondary N) is 1. The molecule has 0 aliphatic carbocycles. The molecule has 0 radical (unpaired) electrons. The molecule has 0 aliphatic heterocycles. The SMILES string of the molecule is COc1ccc2c(c1)[nH]c1c(-c3ccnc4ccccc34)nccc12. The average molecular weight is 325 g/mol. The minimum Gasteiger partial charge on any atom is -0.497 e. The van der Waals surface area contributed by atoms with Gasteiger partial charge in [-0.15, -0.1) is 0 Å². The van der Waals surface area contributed by atoms with Gasteiger partial charge >= 0.3 is 0 Å². The zero-order chi connectivity index (χ0) is 16.8. The van der Waals surface area contributed by atoms with Crippen molar-refractivity contribution in [1.29, 1.82) is 0 Å². The standard InChI is InChI=1S/C21H15N3O/c1-25-13-6-7-15-17-9-11-23-20(21(17)24-19(15)12-13)16-8-10-22-18-5-3-2-4-14(16)18/h2-12,24H,1H3. The van der Waals surface area contributed by atoms with Crippen LogP contribution in [0.25, 0.3) is 44.0 Å². The third-order valence-corrected chi connectivity index (χ3v) is 4.63. The second-order valence-corrected chi connectivity index (χ2v) is 5.99. The van der Waals surface area contributed by atoms with E-state index in [1.807, 2.05) is 54.9 Å². The van der Waals surface area contributed by atoms with Crippen molar-refractivity contribution in [3.05, 3.63) is 67.0 Å². The van der Waals surface area contributed by atoms with E-state index < -0.39 is 0 Å². The van der Waals surface area contributed by atoms with Gasteiger partial charge in [0.05, 0.1) is 29.4 Å². The summed E-state index contributed by atoms with van der Waals surface area (Å²) in [5.41, 5.74) is 5.06. The molecular weight excluding hydrogens is 310 g/mol. The van der Waals surface area contributed by atoms with Gasteiger partial charge in [0.15, 0.2) is 0 Å². The van der Waals surface area contributed by atoms with Crippen molar-refractivity contribution in [2.24, 2.45) is 0 Å². The number of rotatable bonds is 2. The fraction of sp³-hybridized carbons (Fsp3) is 0.0476. The fourth-order valence-electron chi connectivity index (χ4n) is 3.44. The highest BCUT2D eigenvalue weighted by Crippen LogP contribution is 2.35. The Hall–Kier alpha value is -3.40. The Bertz CT molecular complexity index is 1230. The van der Waals surface area contributed by atoms with Crippen molar-refractivity contribution in [2.75, 3.05) is 7.11 Å². The quantitative estimate of drug-likeness (QED) is 0.500. The van der Waals surface area contributed by atoms with E-state index in [4.69, 9.17) is 4.74 Å². The molecule has 25 heavy (non-hydrogen) atoms. The highest BCUT2D eigenvalue weighted by Gasteiger charge is 2.13. The number of pyridine rings is 2.